The molecule has 0 aliphatic carbocycles. The monoisotopic (exact) mass is 297 g/mol. The van der Waals surface area contributed by atoms with Gasteiger partial charge in [0, 0.05) is 11.5 Å². The van der Waals surface area contributed by atoms with Gasteiger partial charge >= 0.3 is 0 Å². The van der Waals surface area contributed by atoms with Gasteiger partial charge in [-0.25, -0.2) is 0 Å². The van der Waals surface area contributed by atoms with Crippen molar-refractivity contribution in [3.8, 4) is 5.88 Å². The number of rotatable bonds is 5. The van der Waals surface area contributed by atoms with Crippen molar-refractivity contribution in [1.29, 1.82) is 0 Å². The number of pyridine rings is 1. The Morgan fingerprint density at radius 2 is 2.00 bits per heavy atom. The van der Waals surface area contributed by atoms with Gasteiger partial charge in [0.15, 0.2) is 0 Å². The number of aliphatic hydroxyl groups is 1. The number of nitrogens with zero attached hydrogens (tertiary/aromatic N) is 3. The molecule has 2 heterocycles. The summed E-state index contributed by atoms with van der Waals surface area (Å²) >= 11 is 0. The molecule has 0 radical (unpaired) electrons. The topological polar surface area (TPSA) is 60.2 Å². The average molecular weight is 297 g/mol. The van der Waals surface area contributed by atoms with Crippen LogP contribution in [0.2, 0.25) is 0 Å². The standard InChI is InChI=1S/C17H19N3O2/c1-12(2)22-17-9-15(11-21)20(19-17)10-14-8-7-13-5-3-4-6-16(13)18-14/h3-9,12,21H,10-11H2,1-2H3. The number of hydrogen-bond acceptors (Lipinski definition) is 4. The lowest BCUT2D eigenvalue weighted by Gasteiger charge is -2.07. The molecule has 3 rings (SSSR count). The lowest BCUT2D eigenvalue weighted by Crippen LogP contribution is -2.09. The van der Waals surface area contributed by atoms with Crippen LogP contribution in [-0.4, -0.2) is 26.0 Å². The van der Waals surface area contributed by atoms with E-state index >= 15 is 0 Å². The molecule has 0 aliphatic heterocycles. The normalized spacial score (nSPS) is 11.3. The van der Waals surface area contributed by atoms with E-state index < -0.39 is 0 Å². The van der Waals surface area contributed by atoms with Crippen molar-refractivity contribution < 1.29 is 9.84 Å². The van der Waals surface area contributed by atoms with Crippen LogP contribution in [0.4, 0.5) is 0 Å². The second-order valence-electron chi connectivity index (χ2n) is 5.45. The second kappa shape index (κ2) is 6.15. The Labute approximate surface area is 129 Å². The largest absolute Gasteiger partial charge is 0.474 e. The Bertz CT molecular complexity index is 780. The van der Waals surface area contributed by atoms with Gasteiger partial charge < -0.3 is 9.84 Å². The second-order valence-corrected chi connectivity index (χ2v) is 5.45. The molecule has 0 aliphatic rings. The van der Waals surface area contributed by atoms with Gasteiger partial charge in [-0.3, -0.25) is 9.67 Å². The van der Waals surface area contributed by atoms with E-state index in [4.69, 9.17) is 4.74 Å². The maximum atomic E-state index is 9.48. The molecule has 0 fully saturated rings. The first kappa shape index (κ1) is 14.5. The predicted molar refractivity (Wildman–Crippen MR) is 84.8 cm³/mol. The van der Waals surface area contributed by atoms with Gasteiger partial charge in [-0.15, -0.1) is 5.10 Å². The van der Waals surface area contributed by atoms with Crippen molar-refractivity contribution in [3.63, 3.8) is 0 Å². The molecule has 22 heavy (non-hydrogen) atoms. The van der Waals surface area contributed by atoms with Crippen LogP contribution < -0.4 is 4.74 Å². The van der Waals surface area contributed by atoms with E-state index in [0.29, 0.717) is 18.1 Å². The van der Waals surface area contributed by atoms with Gasteiger partial charge in [-0.2, -0.15) is 0 Å². The van der Waals surface area contributed by atoms with Crippen molar-refractivity contribution in [2.75, 3.05) is 0 Å². The van der Waals surface area contributed by atoms with E-state index in [2.05, 4.69) is 10.1 Å². The highest BCUT2D eigenvalue weighted by atomic mass is 16.5. The molecule has 114 valence electrons. The number of benzene rings is 1. The third-order valence-corrected chi connectivity index (χ3v) is 3.33. The highest BCUT2D eigenvalue weighted by Gasteiger charge is 2.10. The smallest absolute Gasteiger partial charge is 0.233 e. The number of aliphatic hydroxyl groups excluding tert-OH is 1. The van der Waals surface area contributed by atoms with Gasteiger partial charge in [0.25, 0.3) is 0 Å². The van der Waals surface area contributed by atoms with E-state index in [-0.39, 0.29) is 12.7 Å². The first-order chi connectivity index (χ1) is 10.7. The summed E-state index contributed by atoms with van der Waals surface area (Å²) in [6, 6.07) is 13.8. The molecule has 0 saturated heterocycles. The summed E-state index contributed by atoms with van der Waals surface area (Å²) in [6.45, 7) is 4.31. The van der Waals surface area contributed by atoms with E-state index in [0.717, 1.165) is 16.6 Å². The predicted octanol–water partition coefficient (Wildman–Crippen LogP) is 2.76. The molecule has 0 atom stereocenters. The Morgan fingerprint density at radius 3 is 2.77 bits per heavy atom. The molecule has 0 amide bonds. The summed E-state index contributed by atoms with van der Waals surface area (Å²) in [5.41, 5.74) is 2.56. The van der Waals surface area contributed by atoms with E-state index in [1.165, 1.54) is 0 Å². The minimum atomic E-state index is -0.0813. The Kier molecular flexibility index (Phi) is 4.06. The number of fused-ring (bicyclic) bond motifs is 1. The molecule has 0 spiro atoms. The molecule has 1 N–H and O–H groups in total. The van der Waals surface area contributed by atoms with Crippen LogP contribution in [0.5, 0.6) is 5.88 Å². The highest BCUT2D eigenvalue weighted by molar-refractivity contribution is 5.78. The zero-order valence-electron chi connectivity index (χ0n) is 12.7. The fourth-order valence-corrected chi connectivity index (χ4v) is 2.34. The molecule has 0 bridgehead atoms. The molecule has 3 aromatic rings. The Morgan fingerprint density at radius 1 is 1.18 bits per heavy atom. The highest BCUT2D eigenvalue weighted by Crippen LogP contribution is 2.17. The summed E-state index contributed by atoms with van der Waals surface area (Å²) in [5.74, 6) is 0.528. The maximum Gasteiger partial charge on any atom is 0.233 e. The lowest BCUT2D eigenvalue weighted by molar-refractivity contribution is 0.230. The third-order valence-electron chi connectivity index (χ3n) is 3.33. The first-order valence-corrected chi connectivity index (χ1v) is 7.34. The minimum Gasteiger partial charge on any atom is -0.474 e. The summed E-state index contributed by atoms with van der Waals surface area (Å²) in [5, 5.41) is 15.0. The average Bonchev–Trinajstić information content (AvgIpc) is 2.88. The number of hydrogen-bond donors (Lipinski definition) is 1. The maximum absolute atomic E-state index is 9.48. The van der Waals surface area contributed by atoms with Gasteiger partial charge in [0.05, 0.1) is 36.2 Å². The zero-order valence-corrected chi connectivity index (χ0v) is 12.7. The minimum absolute atomic E-state index is 0.0497. The van der Waals surface area contributed by atoms with Crippen LogP contribution in [0.3, 0.4) is 0 Å². The Balaban J connectivity index is 1.88. The molecular weight excluding hydrogens is 278 g/mol. The number of aromatic nitrogens is 3. The summed E-state index contributed by atoms with van der Waals surface area (Å²) in [6.07, 6.45) is 0.0497. The van der Waals surface area contributed by atoms with Crippen LogP contribution >= 0.6 is 0 Å². The molecule has 0 unspecified atom stereocenters. The van der Waals surface area contributed by atoms with Gasteiger partial charge in [0.2, 0.25) is 5.88 Å². The molecule has 1 aromatic carbocycles. The molecular formula is C17H19N3O2. The molecule has 2 aromatic heterocycles. The van der Waals surface area contributed by atoms with Crippen LogP contribution in [0.25, 0.3) is 10.9 Å². The van der Waals surface area contributed by atoms with Crippen LogP contribution in [-0.2, 0) is 13.2 Å². The fourth-order valence-electron chi connectivity index (χ4n) is 2.34. The molecule has 5 nitrogen and oxygen atoms in total. The van der Waals surface area contributed by atoms with Crippen LogP contribution in [0.15, 0.2) is 42.5 Å². The number of ether oxygens (including phenoxy) is 1. The van der Waals surface area contributed by atoms with Crippen LogP contribution in [0, 0.1) is 0 Å². The van der Waals surface area contributed by atoms with Crippen molar-refractivity contribution in [1.82, 2.24) is 14.8 Å². The molecule has 0 saturated carbocycles. The van der Waals surface area contributed by atoms with Crippen molar-refractivity contribution in [3.05, 3.63) is 53.9 Å². The number of para-hydroxylation sites is 1. The van der Waals surface area contributed by atoms with Gasteiger partial charge in [0.1, 0.15) is 0 Å². The third kappa shape index (κ3) is 3.09. The van der Waals surface area contributed by atoms with Gasteiger partial charge in [-0.1, -0.05) is 24.3 Å². The summed E-state index contributed by atoms with van der Waals surface area (Å²) < 4.78 is 7.31. The van der Waals surface area contributed by atoms with Crippen molar-refractivity contribution in [2.24, 2.45) is 0 Å². The van der Waals surface area contributed by atoms with E-state index in [1.54, 1.807) is 10.7 Å². The summed E-state index contributed by atoms with van der Waals surface area (Å²) in [4.78, 5) is 4.63. The zero-order chi connectivity index (χ0) is 15.5. The fraction of sp³-hybridized carbons (Fsp3) is 0.294. The van der Waals surface area contributed by atoms with Crippen molar-refractivity contribution in [2.45, 2.75) is 33.1 Å². The summed E-state index contributed by atoms with van der Waals surface area (Å²) in [7, 11) is 0. The van der Waals surface area contributed by atoms with E-state index in [1.807, 2.05) is 50.2 Å². The van der Waals surface area contributed by atoms with E-state index in [9.17, 15) is 5.11 Å². The van der Waals surface area contributed by atoms with Crippen LogP contribution in [0.1, 0.15) is 25.2 Å². The lowest BCUT2D eigenvalue weighted by atomic mass is 10.2. The Hall–Kier alpha value is -2.40. The SMILES string of the molecule is CC(C)Oc1cc(CO)n(Cc2ccc3ccccc3n2)n1. The van der Waals surface area contributed by atoms with Gasteiger partial charge in [-0.05, 0) is 26.0 Å². The molecule has 5 heteroatoms. The van der Waals surface area contributed by atoms with Crippen molar-refractivity contribution >= 4 is 10.9 Å². The first-order valence-electron chi connectivity index (χ1n) is 7.34. The quantitative estimate of drug-likeness (QED) is 0.786.